The Balaban J connectivity index is 1.94. The van der Waals surface area contributed by atoms with Crippen molar-refractivity contribution in [2.24, 2.45) is 5.92 Å². The molecule has 92 valence electrons. The number of hydrogen-bond acceptors (Lipinski definition) is 4. The summed E-state index contributed by atoms with van der Waals surface area (Å²) in [7, 11) is 2.05. The van der Waals surface area contributed by atoms with E-state index in [1.165, 1.54) is 0 Å². The van der Waals surface area contributed by atoms with E-state index in [2.05, 4.69) is 4.90 Å². The second-order valence-corrected chi connectivity index (χ2v) is 5.37. The molecule has 0 amide bonds. The molecule has 0 aliphatic carbocycles. The fraction of sp³-hybridized carbons (Fsp3) is 0.917. The van der Waals surface area contributed by atoms with Gasteiger partial charge in [-0.1, -0.05) is 13.8 Å². The van der Waals surface area contributed by atoms with Gasteiger partial charge in [-0.05, 0) is 13.5 Å². The van der Waals surface area contributed by atoms with E-state index >= 15 is 0 Å². The summed E-state index contributed by atoms with van der Waals surface area (Å²) in [5, 5.41) is 9.85. The number of hydrogen-bond donors (Lipinski definition) is 1. The van der Waals surface area contributed by atoms with Crippen LogP contribution in [0.25, 0.3) is 0 Å². The molecule has 16 heavy (non-hydrogen) atoms. The number of carbonyl (C=O) groups excluding carboxylic acids is 1. The van der Waals surface area contributed by atoms with Gasteiger partial charge in [-0.25, -0.2) is 0 Å². The average Bonchev–Trinajstić information content (AvgIpc) is 2.38. The van der Waals surface area contributed by atoms with Gasteiger partial charge >= 0.3 is 5.97 Å². The number of piperidine rings is 1. The third-order valence-corrected chi connectivity index (χ3v) is 3.85. The van der Waals surface area contributed by atoms with E-state index in [-0.39, 0.29) is 30.1 Å². The van der Waals surface area contributed by atoms with Gasteiger partial charge in [0.1, 0.15) is 6.10 Å². The van der Waals surface area contributed by atoms with Gasteiger partial charge in [-0.15, -0.1) is 0 Å². The largest absolute Gasteiger partial charge is 0.462 e. The molecule has 0 radical (unpaired) electrons. The molecule has 2 unspecified atom stereocenters. The molecule has 2 aliphatic heterocycles. The summed E-state index contributed by atoms with van der Waals surface area (Å²) >= 11 is 0. The highest BCUT2D eigenvalue weighted by molar-refractivity contribution is 5.71. The molecular weight excluding hydrogens is 206 g/mol. The lowest BCUT2D eigenvalue weighted by Gasteiger charge is -2.36. The van der Waals surface area contributed by atoms with Gasteiger partial charge in [0.2, 0.25) is 0 Å². The molecule has 0 aromatic rings. The van der Waals surface area contributed by atoms with Crippen molar-refractivity contribution in [3.8, 4) is 0 Å². The van der Waals surface area contributed by atoms with Crippen LogP contribution in [0.3, 0.4) is 0 Å². The van der Waals surface area contributed by atoms with E-state index in [4.69, 9.17) is 4.74 Å². The monoisotopic (exact) mass is 227 g/mol. The highest BCUT2D eigenvalue weighted by Crippen LogP contribution is 2.35. The van der Waals surface area contributed by atoms with Crippen molar-refractivity contribution in [3.05, 3.63) is 0 Å². The Bertz CT molecular complexity index is 279. The molecule has 0 saturated carbocycles. The summed E-state index contributed by atoms with van der Waals surface area (Å²) in [6.07, 6.45) is 2.20. The molecule has 4 atom stereocenters. The molecular formula is C12H21NO3. The summed E-state index contributed by atoms with van der Waals surface area (Å²) < 4.78 is 5.45. The van der Waals surface area contributed by atoms with Crippen LogP contribution in [0.1, 0.15) is 33.1 Å². The normalized spacial score (nSPS) is 39.1. The number of aliphatic hydroxyl groups is 1. The van der Waals surface area contributed by atoms with Crippen molar-refractivity contribution in [2.75, 3.05) is 7.05 Å². The minimum absolute atomic E-state index is 0.00162. The summed E-state index contributed by atoms with van der Waals surface area (Å²) in [5.74, 6) is -0.189. The second kappa shape index (κ2) is 4.34. The zero-order valence-electron chi connectivity index (χ0n) is 10.2. The maximum Gasteiger partial charge on any atom is 0.308 e. The number of carbonyl (C=O) groups is 1. The number of likely N-dealkylation sites (N-methyl/N-ethyl adjacent to an activating group) is 1. The number of esters is 1. The Morgan fingerprint density at radius 3 is 2.62 bits per heavy atom. The van der Waals surface area contributed by atoms with Crippen LogP contribution in [0.2, 0.25) is 0 Å². The van der Waals surface area contributed by atoms with Crippen LogP contribution in [-0.4, -0.2) is 47.3 Å². The smallest absolute Gasteiger partial charge is 0.308 e. The molecule has 2 bridgehead atoms. The van der Waals surface area contributed by atoms with Gasteiger partial charge < -0.3 is 9.84 Å². The second-order valence-electron chi connectivity index (χ2n) is 5.37. The predicted octanol–water partition coefficient (Wildman–Crippen LogP) is 0.782. The molecule has 2 rings (SSSR count). The molecule has 2 fully saturated rings. The maximum atomic E-state index is 11.5. The molecule has 4 heteroatoms. The van der Waals surface area contributed by atoms with Crippen LogP contribution in [-0.2, 0) is 9.53 Å². The zero-order chi connectivity index (χ0) is 11.9. The molecule has 2 saturated heterocycles. The number of rotatable bonds is 2. The Morgan fingerprint density at radius 2 is 2.06 bits per heavy atom. The first-order chi connectivity index (χ1) is 7.49. The van der Waals surface area contributed by atoms with E-state index in [1.54, 1.807) is 0 Å². The van der Waals surface area contributed by atoms with Gasteiger partial charge in [-0.3, -0.25) is 9.69 Å². The Kier molecular flexibility index (Phi) is 3.22. The highest BCUT2D eigenvalue weighted by atomic mass is 16.5. The van der Waals surface area contributed by atoms with Crippen molar-refractivity contribution in [1.82, 2.24) is 4.90 Å². The van der Waals surface area contributed by atoms with Gasteiger partial charge in [0.05, 0.1) is 12.0 Å². The van der Waals surface area contributed by atoms with Gasteiger partial charge in [0.25, 0.3) is 0 Å². The third-order valence-electron chi connectivity index (χ3n) is 3.85. The quantitative estimate of drug-likeness (QED) is 0.708. The Hall–Kier alpha value is -0.610. The maximum absolute atomic E-state index is 11.5. The van der Waals surface area contributed by atoms with Crippen LogP contribution < -0.4 is 0 Å². The summed E-state index contributed by atoms with van der Waals surface area (Å²) in [4.78, 5) is 13.7. The highest BCUT2D eigenvalue weighted by Gasteiger charge is 2.45. The van der Waals surface area contributed by atoms with Crippen molar-refractivity contribution in [3.63, 3.8) is 0 Å². The number of ether oxygens (including phenoxy) is 1. The van der Waals surface area contributed by atoms with Crippen molar-refractivity contribution >= 4 is 5.97 Å². The Morgan fingerprint density at radius 1 is 1.38 bits per heavy atom. The number of nitrogens with zero attached hydrogens (tertiary/aromatic N) is 1. The topological polar surface area (TPSA) is 49.8 Å². The molecule has 1 N–H and O–H groups in total. The minimum Gasteiger partial charge on any atom is -0.462 e. The van der Waals surface area contributed by atoms with E-state index in [9.17, 15) is 9.90 Å². The Labute approximate surface area is 96.6 Å². The molecule has 0 spiro atoms. The zero-order valence-corrected chi connectivity index (χ0v) is 10.2. The molecule has 2 heterocycles. The molecule has 0 aromatic carbocycles. The van der Waals surface area contributed by atoms with Gasteiger partial charge in [0, 0.05) is 24.9 Å². The van der Waals surface area contributed by atoms with Crippen LogP contribution >= 0.6 is 0 Å². The first-order valence-corrected chi connectivity index (χ1v) is 6.09. The van der Waals surface area contributed by atoms with E-state index in [1.807, 2.05) is 20.9 Å². The predicted molar refractivity (Wildman–Crippen MR) is 59.9 cm³/mol. The van der Waals surface area contributed by atoms with Crippen LogP contribution in [0.15, 0.2) is 0 Å². The fourth-order valence-corrected chi connectivity index (χ4v) is 2.80. The van der Waals surface area contributed by atoms with E-state index in [0.29, 0.717) is 6.04 Å². The SMILES string of the molecule is CC(C)C(=O)OC1C[C@@H]2CC(O)[C@H](C1)N2C. The first kappa shape index (κ1) is 11.9. The lowest BCUT2D eigenvalue weighted by molar-refractivity contribution is -0.156. The average molecular weight is 227 g/mol. The van der Waals surface area contributed by atoms with Crippen molar-refractivity contribution < 1.29 is 14.6 Å². The van der Waals surface area contributed by atoms with Crippen LogP contribution in [0.4, 0.5) is 0 Å². The van der Waals surface area contributed by atoms with E-state index in [0.717, 1.165) is 19.3 Å². The number of fused-ring (bicyclic) bond motifs is 2. The first-order valence-electron chi connectivity index (χ1n) is 6.09. The summed E-state index contributed by atoms with van der Waals surface area (Å²) in [6.45, 7) is 3.70. The molecule has 4 nitrogen and oxygen atoms in total. The van der Waals surface area contributed by atoms with Crippen molar-refractivity contribution in [2.45, 2.75) is 57.4 Å². The number of aliphatic hydroxyl groups excluding tert-OH is 1. The molecule has 2 aliphatic rings. The van der Waals surface area contributed by atoms with Gasteiger partial charge in [0.15, 0.2) is 0 Å². The summed E-state index contributed by atoms with van der Waals surface area (Å²) in [6, 6.07) is 0.544. The lowest BCUT2D eigenvalue weighted by Crippen LogP contribution is -2.45. The van der Waals surface area contributed by atoms with Crippen molar-refractivity contribution in [1.29, 1.82) is 0 Å². The lowest BCUT2D eigenvalue weighted by atomic mass is 10.00. The standard InChI is InChI=1S/C12H21NO3/c1-7(2)12(15)16-9-4-8-5-11(14)10(6-9)13(8)3/h7-11,14H,4-6H2,1-3H3/t8-,9?,10+,11?/m1/s1. The van der Waals surface area contributed by atoms with Crippen LogP contribution in [0, 0.1) is 5.92 Å². The van der Waals surface area contributed by atoms with Crippen LogP contribution in [0.5, 0.6) is 0 Å². The third kappa shape index (κ3) is 2.09. The van der Waals surface area contributed by atoms with E-state index < -0.39 is 0 Å². The minimum atomic E-state index is -0.252. The molecule has 0 aromatic heterocycles. The fourth-order valence-electron chi connectivity index (χ4n) is 2.80. The van der Waals surface area contributed by atoms with Gasteiger partial charge in [-0.2, -0.15) is 0 Å². The summed E-state index contributed by atoms with van der Waals surface area (Å²) in [5.41, 5.74) is 0.